The van der Waals surface area contributed by atoms with Crippen LogP contribution in [0.15, 0.2) is 24.3 Å². The second-order valence-corrected chi connectivity index (χ2v) is 6.29. The maximum Gasteiger partial charge on any atom is 0.401 e. The highest BCUT2D eigenvalue weighted by atomic mass is 19.4. The van der Waals surface area contributed by atoms with Gasteiger partial charge in [0.2, 0.25) is 0 Å². The molecule has 0 fully saturated rings. The summed E-state index contributed by atoms with van der Waals surface area (Å²) in [5, 5.41) is 5.32. The number of para-hydroxylation sites is 2. The zero-order chi connectivity index (χ0) is 18.9. The first-order chi connectivity index (χ1) is 11.7. The lowest BCUT2D eigenvalue weighted by molar-refractivity contribution is -0.143. The number of benzene rings is 1. The molecule has 0 saturated heterocycles. The Morgan fingerprint density at radius 1 is 1.28 bits per heavy atom. The van der Waals surface area contributed by atoms with Gasteiger partial charge in [0.05, 0.1) is 18.8 Å². The number of rotatable bonds is 9. The fourth-order valence-corrected chi connectivity index (χ4v) is 2.05. The lowest BCUT2D eigenvalue weighted by Crippen LogP contribution is -2.35. The molecule has 1 rings (SSSR count). The van der Waals surface area contributed by atoms with Gasteiger partial charge in [0.25, 0.3) is 0 Å². The number of carbonyl (C=O) groups excluding carboxylic acids is 1. The molecule has 2 amide bonds. The van der Waals surface area contributed by atoms with E-state index in [0.717, 1.165) is 0 Å². The highest BCUT2D eigenvalue weighted by Crippen LogP contribution is 2.24. The van der Waals surface area contributed by atoms with E-state index in [2.05, 4.69) is 10.6 Å². The minimum Gasteiger partial charge on any atom is -0.491 e. The monoisotopic (exact) mass is 361 g/mol. The van der Waals surface area contributed by atoms with Crippen molar-refractivity contribution < 1.29 is 22.7 Å². The molecule has 0 aliphatic heterocycles. The average molecular weight is 361 g/mol. The van der Waals surface area contributed by atoms with Crippen molar-refractivity contribution in [3.63, 3.8) is 0 Å². The summed E-state index contributed by atoms with van der Waals surface area (Å²) < 4.78 is 42.3. The van der Waals surface area contributed by atoms with E-state index in [1.165, 1.54) is 11.9 Å². The van der Waals surface area contributed by atoms with Gasteiger partial charge in [0, 0.05) is 6.54 Å². The molecule has 0 atom stereocenters. The van der Waals surface area contributed by atoms with Crippen LogP contribution >= 0.6 is 0 Å². The molecule has 0 aliphatic carbocycles. The Morgan fingerprint density at radius 2 is 1.96 bits per heavy atom. The number of ether oxygens (including phenoxy) is 1. The zero-order valence-corrected chi connectivity index (χ0v) is 14.8. The summed E-state index contributed by atoms with van der Waals surface area (Å²) in [6.07, 6.45) is -3.79. The van der Waals surface area contributed by atoms with Gasteiger partial charge in [0.15, 0.2) is 0 Å². The van der Waals surface area contributed by atoms with Crippen LogP contribution in [-0.2, 0) is 0 Å². The SMILES string of the molecule is CC(C)COc1ccccc1NC(=O)NCCCN(C)CC(F)(F)F. The summed E-state index contributed by atoms with van der Waals surface area (Å²) in [6, 6.07) is 6.68. The van der Waals surface area contributed by atoms with Crippen molar-refractivity contribution in [2.45, 2.75) is 26.4 Å². The number of nitrogens with one attached hydrogen (secondary N) is 2. The molecule has 25 heavy (non-hydrogen) atoms. The standard InChI is InChI=1S/C17H26F3N3O2/c1-13(2)11-25-15-8-5-4-7-14(15)22-16(24)21-9-6-10-23(3)12-17(18,19)20/h4-5,7-8,13H,6,9-12H2,1-3H3,(H2,21,22,24). The zero-order valence-electron chi connectivity index (χ0n) is 14.8. The van der Waals surface area contributed by atoms with E-state index in [0.29, 0.717) is 30.4 Å². The van der Waals surface area contributed by atoms with Gasteiger partial charge in [-0.2, -0.15) is 13.2 Å². The molecule has 0 heterocycles. The van der Waals surface area contributed by atoms with Crippen LogP contribution in [0.3, 0.4) is 0 Å². The predicted octanol–water partition coefficient (Wildman–Crippen LogP) is 3.73. The third kappa shape index (κ3) is 9.81. The van der Waals surface area contributed by atoms with E-state index >= 15 is 0 Å². The molecular weight excluding hydrogens is 335 g/mol. The number of alkyl halides is 3. The minimum absolute atomic E-state index is 0.244. The lowest BCUT2D eigenvalue weighted by Gasteiger charge is -2.18. The first-order valence-electron chi connectivity index (χ1n) is 8.19. The number of hydrogen-bond donors (Lipinski definition) is 2. The van der Waals surface area contributed by atoms with Crippen molar-refractivity contribution in [1.82, 2.24) is 10.2 Å². The number of hydrogen-bond acceptors (Lipinski definition) is 3. The molecule has 2 N–H and O–H groups in total. The van der Waals surface area contributed by atoms with Gasteiger partial charge in [-0.15, -0.1) is 0 Å². The molecule has 0 radical (unpaired) electrons. The van der Waals surface area contributed by atoms with E-state index in [1.54, 1.807) is 18.2 Å². The number of carbonyl (C=O) groups is 1. The van der Waals surface area contributed by atoms with Crippen LogP contribution in [0.1, 0.15) is 20.3 Å². The molecule has 1 aromatic rings. The fraction of sp³-hybridized carbons (Fsp3) is 0.588. The van der Waals surface area contributed by atoms with Crippen LogP contribution in [0, 0.1) is 5.92 Å². The van der Waals surface area contributed by atoms with Crippen LogP contribution in [-0.4, -0.2) is 50.4 Å². The van der Waals surface area contributed by atoms with Crippen molar-refractivity contribution in [3.8, 4) is 5.75 Å². The molecule has 5 nitrogen and oxygen atoms in total. The van der Waals surface area contributed by atoms with Crippen molar-refractivity contribution in [1.29, 1.82) is 0 Å². The smallest absolute Gasteiger partial charge is 0.401 e. The third-order valence-electron chi connectivity index (χ3n) is 3.16. The van der Waals surface area contributed by atoms with Crippen LogP contribution in [0.5, 0.6) is 5.75 Å². The first kappa shape index (κ1) is 21.1. The molecule has 0 aromatic heterocycles. The van der Waals surface area contributed by atoms with Gasteiger partial charge < -0.3 is 15.4 Å². The van der Waals surface area contributed by atoms with Gasteiger partial charge in [-0.25, -0.2) is 4.79 Å². The minimum atomic E-state index is -4.21. The number of amides is 2. The van der Waals surface area contributed by atoms with Gasteiger partial charge in [-0.1, -0.05) is 26.0 Å². The molecule has 0 saturated carbocycles. The normalized spacial score (nSPS) is 11.7. The van der Waals surface area contributed by atoms with Crippen LogP contribution in [0.4, 0.5) is 23.7 Å². The second kappa shape index (κ2) is 10.1. The molecule has 0 spiro atoms. The number of anilines is 1. The number of urea groups is 1. The third-order valence-corrected chi connectivity index (χ3v) is 3.16. The summed E-state index contributed by atoms with van der Waals surface area (Å²) in [6.45, 7) is 4.15. The Morgan fingerprint density at radius 3 is 2.60 bits per heavy atom. The van der Waals surface area contributed by atoms with E-state index in [1.807, 2.05) is 19.9 Å². The van der Waals surface area contributed by atoms with Crippen molar-refractivity contribution in [2.75, 3.05) is 38.6 Å². The van der Waals surface area contributed by atoms with Crippen LogP contribution < -0.4 is 15.4 Å². The fourth-order valence-electron chi connectivity index (χ4n) is 2.05. The van der Waals surface area contributed by atoms with E-state index in [9.17, 15) is 18.0 Å². The van der Waals surface area contributed by atoms with Gasteiger partial charge in [0.1, 0.15) is 5.75 Å². The molecular formula is C17H26F3N3O2. The van der Waals surface area contributed by atoms with E-state index < -0.39 is 18.8 Å². The van der Waals surface area contributed by atoms with Crippen molar-refractivity contribution in [3.05, 3.63) is 24.3 Å². The average Bonchev–Trinajstić information content (AvgIpc) is 2.49. The molecule has 8 heteroatoms. The van der Waals surface area contributed by atoms with Crippen molar-refractivity contribution >= 4 is 11.7 Å². The highest BCUT2D eigenvalue weighted by molar-refractivity contribution is 5.90. The maximum absolute atomic E-state index is 12.2. The Kier molecular flexibility index (Phi) is 8.54. The topological polar surface area (TPSA) is 53.6 Å². The number of nitrogens with zero attached hydrogens (tertiary/aromatic N) is 1. The van der Waals surface area contributed by atoms with Crippen LogP contribution in [0.2, 0.25) is 0 Å². The quantitative estimate of drug-likeness (QED) is 0.659. The predicted molar refractivity (Wildman–Crippen MR) is 92.0 cm³/mol. The molecule has 0 unspecified atom stereocenters. The second-order valence-electron chi connectivity index (χ2n) is 6.29. The Labute approximate surface area is 146 Å². The van der Waals surface area contributed by atoms with Gasteiger partial charge in [-0.05, 0) is 38.1 Å². The first-order valence-corrected chi connectivity index (χ1v) is 8.19. The summed E-state index contributed by atoms with van der Waals surface area (Å²) >= 11 is 0. The Bertz CT molecular complexity index is 536. The summed E-state index contributed by atoms with van der Waals surface area (Å²) in [4.78, 5) is 13.1. The van der Waals surface area contributed by atoms with Crippen LogP contribution in [0.25, 0.3) is 0 Å². The molecule has 0 aliphatic rings. The van der Waals surface area contributed by atoms with E-state index in [-0.39, 0.29) is 13.1 Å². The maximum atomic E-state index is 12.2. The summed E-state index contributed by atoms with van der Waals surface area (Å²) in [5.41, 5.74) is 0.551. The van der Waals surface area contributed by atoms with E-state index in [4.69, 9.17) is 4.74 Å². The lowest BCUT2D eigenvalue weighted by atomic mass is 10.2. The van der Waals surface area contributed by atoms with Crippen molar-refractivity contribution in [2.24, 2.45) is 5.92 Å². The van der Waals surface area contributed by atoms with Gasteiger partial charge >= 0.3 is 12.2 Å². The van der Waals surface area contributed by atoms with Gasteiger partial charge in [-0.3, -0.25) is 4.90 Å². The number of halogens is 3. The molecule has 142 valence electrons. The summed E-state index contributed by atoms with van der Waals surface area (Å²) in [5.74, 6) is 0.937. The Balaban J connectivity index is 2.35. The molecule has 1 aromatic carbocycles. The highest BCUT2D eigenvalue weighted by Gasteiger charge is 2.28. The summed E-state index contributed by atoms with van der Waals surface area (Å²) in [7, 11) is 1.40. The molecule has 0 bridgehead atoms. The Hall–Kier alpha value is -1.96. The largest absolute Gasteiger partial charge is 0.491 e.